The zero-order valence-corrected chi connectivity index (χ0v) is 26.2. The molecule has 43 heavy (non-hydrogen) atoms. The van der Waals surface area contributed by atoms with Gasteiger partial charge >= 0.3 is 0 Å². The summed E-state index contributed by atoms with van der Waals surface area (Å²) < 4.78 is 0. The lowest BCUT2D eigenvalue weighted by atomic mass is 9.87. The second kappa shape index (κ2) is 16.2. The van der Waals surface area contributed by atoms with Gasteiger partial charge in [0.2, 0.25) is 0 Å². The van der Waals surface area contributed by atoms with Crippen molar-refractivity contribution in [1.82, 2.24) is 15.2 Å². The van der Waals surface area contributed by atoms with Gasteiger partial charge in [0, 0.05) is 48.5 Å². The molecular weight excluding hydrogens is 538 g/mol. The summed E-state index contributed by atoms with van der Waals surface area (Å²) in [5.74, 6) is 0. The Morgan fingerprint density at radius 2 is 1.74 bits per heavy atom. The minimum absolute atomic E-state index is 0.112. The van der Waals surface area contributed by atoms with Crippen molar-refractivity contribution in [1.29, 1.82) is 5.26 Å². The molecule has 2 aliphatic rings. The number of pyridine rings is 1. The van der Waals surface area contributed by atoms with Gasteiger partial charge in [-0.1, -0.05) is 76.4 Å². The lowest BCUT2D eigenvalue weighted by molar-refractivity contribution is -0.111. The number of hydrogen-bond acceptors (Lipinski definition) is 8. The van der Waals surface area contributed by atoms with Crippen LogP contribution in [0, 0.1) is 11.5 Å². The number of aromatic nitrogens is 1. The van der Waals surface area contributed by atoms with E-state index in [1.165, 1.54) is 42.6 Å². The molecule has 2 N–H and O–H groups in total. The number of aldehydes is 2. The van der Waals surface area contributed by atoms with Crippen LogP contribution in [-0.2, 0) is 15.0 Å². The number of aliphatic hydroxyl groups excluding tert-OH is 1. The molecule has 1 aromatic heterocycles. The fraction of sp³-hybridized carbons (Fsp3) is 0.486. The number of aliphatic hydroxyl groups is 1. The number of benzene rings is 2. The van der Waals surface area contributed by atoms with Crippen molar-refractivity contribution in [3.05, 3.63) is 72.1 Å². The van der Waals surface area contributed by atoms with Crippen molar-refractivity contribution in [2.45, 2.75) is 88.9 Å². The average Bonchev–Trinajstić information content (AvgIpc) is 3.42. The first-order valence-corrected chi connectivity index (χ1v) is 15.2. The quantitative estimate of drug-likeness (QED) is 0.286. The van der Waals surface area contributed by atoms with Crippen molar-refractivity contribution in [3.63, 3.8) is 0 Å². The average molecular weight is 586 g/mol. The summed E-state index contributed by atoms with van der Waals surface area (Å²) in [6.45, 7) is 6.88. The molecule has 3 aromatic rings. The highest BCUT2D eigenvalue weighted by Gasteiger charge is 2.29. The third-order valence-corrected chi connectivity index (χ3v) is 8.32. The molecule has 2 fully saturated rings. The summed E-state index contributed by atoms with van der Waals surface area (Å²) in [6, 6.07) is 16.5. The van der Waals surface area contributed by atoms with Gasteiger partial charge < -0.3 is 24.9 Å². The van der Waals surface area contributed by atoms with E-state index in [4.69, 9.17) is 10.4 Å². The van der Waals surface area contributed by atoms with Crippen LogP contribution in [0.4, 0.5) is 5.69 Å². The van der Waals surface area contributed by atoms with Crippen LogP contribution in [-0.4, -0.2) is 66.4 Å². The monoisotopic (exact) mass is 585 g/mol. The minimum atomic E-state index is -0.519. The molecule has 8 heteroatoms. The maximum absolute atomic E-state index is 11.9. The number of carbonyl (C=O) groups excluding carboxylic acids is 2. The molecule has 1 saturated carbocycles. The van der Waals surface area contributed by atoms with E-state index in [1.807, 2.05) is 48.6 Å². The maximum Gasteiger partial charge on any atom is 0.180 e. The topological polar surface area (TPSA) is 110 Å². The Hall–Kier alpha value is -3.80. The number of anilines is 1. The first-order chi connectivity index (χ1) is 20.6. The molecule has 3 atom stereocenters. The highest BCUT2D eigenvalue weighted by molar-refractivity contribution is 5.88. The van der Waals surface area contributed by atoms with Gasteiger partial charge in [0.05, 0.1) is 18.7 Å². The highest BCUT2D eigenvalue weighted by atomic mass is 16.3. The standard InChI is InChI=1S/C22H24N2O.C7H15N.C6H8N2O2/c1-22(2,3)17-9-11-18(12-10-17)24(4)21(15-25)20-14-23-13-16-7-5-6-8-19(16)20;1-8-7-5-3-2-4-6-7;7-4-8-2-6(10)1-5(8)3-9/h5-15,21H,1-4H3;7-8H,2-6H2,1H3;3,5-6,10H,1-2H2. The van der Waals surface area contributed by atoms with E-state index in [0.717, 1.165) is 34.4 Å². The second-order valence-corrected chi connectivity index (χ2v) is 12.4. The van der Waals surface area contributed by atoms with E-state index >= 15 is 0 Å². The minimum Gasteiger partial charge on any atom is -0.391 e. The Morgan fingerprint density at radius 1 is 1.07 bits per heavy atom. The smallest absolute Gasteiger partial charge is 0.180 e. The molecule has 1 saturated heterocycles. The van der Waals surface area contributed by atoms with Crippen LogP contribution in [0.2, 0.25) is 0 Å². The zero-order valence-electron chi connectivity index (χ0n) is 26.2. The molecule has 0 amide bonds. The Kier molecular flexibility index (Phi) is 12.7. The van der Waals surface area contributed by atoms with E-state index < -0.39 is 12.1 Å². The van der Waals surface area contributed by atoms with Crippen LogP contribution in [0.25, 0.3) is 10.8 Å². The number of nitrogens with zero attached hydrogens (tertiary/aromatic N) is 4. The van der Waals surface area contributed by atoms with E-state index in [0.29, 0.717) is 19.3 Å². The van der Waals surface area contributed by atoms with E-state index in [1.54, 1.807) is 6.20 Å². The molecule has 1 aliphatic heterocycles. The first kappa shape index (κ1) is 33.7. The van der Waals surface area contributed by atoms with Gasteiger partial charge in [0.25, 0.3) is 0 Å². The Balaban J connectivity index is 0.000000229. The number of likely N-dealkylation sites (N-methyl/N-ethyl adjacent to an activating group) is 1. The Labute approximate surface area is 256 Å². The zero-order chi connectivity index (χ0) is 31.4. The van der Waals surface area contributed by atoms with Crippen molar-refractivity contribution in [2.75, 3.05) is 25.5 Å². The molecule has 230 valence electrons. The number of nitrogens with one attached hydrogen (secondary N) is 1. The van der Waals surface area contributed by atoms with E-state index in [9.17, 15) is 9.59 Å². The lowest BCUT2D eigenvalue weighted by Crippen LogP contribution is -2.26. The summed E-state index contributed by atoms with van der Waals surface area (Å²) in [6.07, 6.45) is 14.1. The molecule has 0 spiro atoms. The molecular formula is C35H47N5O3. The number of β-amino-alcohol motifs (C(OH)–C–C–N with tert-alkyl or cyclic N) is 1. The van der Waals surface area contributed by atoms with Crippen LogP contribution in [0.5, 0.6) is 0 Å². The molecule has 1 aliphatic carbocycles. The van der Waals surface area contributed by atoms with E-state index in [2.05, 4.69) is 62.4 Å². The molecule has 0 bridgehead atoms. The van der Waals surface area contributed by atoms with Crippen LogP contribution >= 0.6 is 0 Å². The molecule has 5 rings (SSSR count). The van der Waals surface area contributed by atoms with Gasteiger partial charge in [-0.2, -0.15) is 5.26 Å². The number of likely N-dealkylation sites (tertiary alicyclic amines) is 1. The second-order valence-electron chi connectivity index (χ2n) is 12.4. The molecule has 8 nitrogen and oxygen atoms in total. The molecule has 2 aromatic carbocycles. The number of hydrogen-bond donors (Lipinski definition) is 2. The predicted molar refractivity (Wildman–Crippen MR) is 173 cm³/mol. The van der Waals surface area contributed by atoms with Crippen molar-refractivity contribution >= 4 is 29.0 Å². The summed E-state index contributed by atoms with van der Waals surface area (Å²) in [4.78, 5) is 29.7. The maximum atomic E-state index is 11.9. The number of carbonyl (C=O) groups is 2. The summed E-state index contributed by atoms with van der Waals surface area (Å²) in [5.41, 5.74) is 3.33. The van der Waals surface area contributed by atoms with Crippen molar-refractivity contribution in [3.8, 4) is 6.19 Å². The van der Waals surface area contributed by atoms with Crippen LogP contribution in [0.3, 0.4) is 0 Å². The fourth-order valence-electron chi connectivity index (χ4n) is 5.58. The highest BCUT2D eigenvalue weighted by Crippen LogP contribution is 2.31. The third-order valence-electron chi connectivity index (χ3n) is 8.32. The molecule has 2 heterocycles. The van der Waals surface area contributed by atoms with Crippen LogP contribution in [0.1, 0.15) is 76.5 Å². The summed E-state index contributed by atoms with van der Waals surface area (Å²) in [5, 5.41) is 22.8. The Bertz CT molecular complexity index is 1340. The summed E-state index contributed by atoms with van der Waals surface area (Å²) in [7, 11) is 4.02. The van der Waals surface area contributed by atoms with Crippen LogP contribution < -0.4 is 10.2 Å². The number of nitriles is 1. The van der Waals surface area contributed by atoms with Crippen molar-refractivity contribution < 1.29 is 14.7 Å². The first-order valence-electron chi connectivity index (χ1n) is 15.2. The van der Waals surface area contributed by atoms with Gasteiger partial charge in [-0.05, 0) is 48.4 Å². The largest absolute Gasteiger partial charge is 0.391 e. The number of rotatable bonds is 6. The fourth-order valence-corrected chi connectivity index (χ4v) is 5.58. The van der Waals surface area contributed by atoms with Gasteiger partial charge in [0.15, 0.2) is 6.19 Å². The van der Waals surface area contributed by atoms with Crippen molar-refractivity contribution in [2.24, 2.45) is 0 Å². The normalized spacial score (nSPS) is 19.2. The SMILES string of the molecule is CN(c1ccc(C(C)(C)C)cc1)C(C=O)c1cncc2ccccc12.CNC1CCCCC1.N#CN1CC(O)CC1C=O. The van der Waals surface area contributed by atoms with Gasteiger partial charge in [0.1, 0.15) is 18.6 Å². The predicted octanol–water partition coefficient (Wildman–Crippen LogP) is 5.55. The molecule has 3 unspecified atom stereocenters. The summed E-state index contributed by atoms with van der Waals surface area (Å²) >= 11 is 0. The van der Waals surface area contributed by atoms with Gasteiger partial charge in [-0.25, -0.2) is 0 Å². The van der Waals surface area contributed by atoms with Gasteiger partial charge in [-0.15, -0.1) is 0 Å². The third kappa shape index (κ3) is 9.34. The van der Waals surface area contributed by atoms with Gasteiger partial charge in [-0.3, -0.25) is 9.88 Å². The van der Waals surface area contributed by atoms with E-state index in [-0.39, 0.29) is 11.5 Å². The molecule has 0 radical (unpaired) electrons. The Morgan fingerprint density at radius 3 is 2.28 bits per heavy atom. The lowest BCUT2D eigenvalue weighted by Gasteiger charge is -2.28. The number of fused-ring (bicyclic) bond motifs is 1. The van der Waals surface area contributed by atoms with Crippen LogP contribution in [0.15, 0.2) is 60.9 Å².